The van der Waals surface area contributed by atoms with Crippen LogP contribution in [0.1, 0.15) is 20.8 Å². The Morgan fingerprint density at radius 2 is 1.88 bits per heavy atom. The number of benzene rings is 2. The summed E-state index contributed by atoms with van der Waals surface area (Å²) < 4.78 is 14.1. The van der Waals surface area contributed by atoms with Crippen LogP contribution in [-0.2, 0) is 0 Å². The quantitative estimate of drug-likeness (QED) is 0.641. The molecule has 3 rings (SSSR count). The number of fused-ring (bicyclic) bond motifs is 1. The van der Waals surface area contributed by atoms with Crippen molar-refractivity contribution in [1.82, 2.24) is 9.97 Å². The van der Waals surface area contributed by atoms with Gasteiger partial charge in [-0.3, -0.25) is 0 Å². The number of anilines is 1. The highest BCUT2D eigenvalue weighted by Crippen LogP contribution is 2.35. The fraction of sp³-hybridized carbons (Fsp3) is 0.263. The van der Waals surface area contributed by atoms with Gasteiger partial charge in [-0.05, 0) is 39.0 Å². The Morgan fingerprint density at radius 1 is 1.12 bits per heavy atom. The molecule has 24 heavy (non-hydrogen) atoms. The van der Waals surface area contributed by atoms with E-state index >= 15 is 0 Å². The molecule has 0 saturated heterocycles. The molecule has 0 unspecified atom stereocenters. The summed E-state index contributed by atoms with van der Waals surface area (Å²) in [6, 6.07) is 10.6. The Balaban J connectivity index is 2.22. The molecule has 0 atom stereocenters. The van der Waals surface area contributed by atoms with E-state index in [2.05, 4.69) is 35.6 Å². The molecule has 2 aromatic carbocycles. The van der Waals surface area contributed by atoms with Crippen LogP contribution >= 0.6 is 11.6 Å². The van der Waals surface area contributed by atoms with E-state index in [1.165, 1.54) is 6.07 Å². The summed E-state index contributed by atoms with van der Waals surface area (Å²) in [4.78, 5) is 11.0. The zero-order valence-electron chi connectivity index (χ0n) is 13.9. The van der Waals surface area contributed by atoms with Crippen LogP contribution in [0.15, 0.2) is 42.7 Å². The standard InChI is InChI=1S/C19H19ClFN3/c1-4-24(12(2)3)19-15-9-16(20)14(10-18(15)22-11-23-19)13-7-5-6-8-17(13)21/h5-12H,4H2,1-3H3. The molecular formula is C19H19ClFN3. The zero-order valence-corrected chi connectivity index (χ0v) is 14.7. The second-order valence-corrected chi connectivity index (χ2v) is 6.31. The minimum Gasteiger partial charge on any atom is -0.354 e. The van der Waals surface area contributed by atoms with Gasteiger partial charge in [0.2, 0.25) is 0 Å². The monoisotopic (exact) mass is 343 g/mol. The largest absolute Gasteiger partial charge is 0.354 e. The molecule has 0 aliphatic heterocycles. The van der Waals surface area contributed by atoms with Crippen LogP contribution in [0.25, 0.3) is 22.0 Å². The molecule has 0 radical (unpaired) electrons. The minimum absolute atomic E-state index is 0.301. The van der Waals surface area contributed by atoms with Crippen molar-refractivity contribution in [2.24, 2.45) is 0 Å². The van der Waals surface area contributed by atoms with Crippen molar-refractivity contribution >= 4 is 28.3 Å². The Labute approximate surface area is 146 Å². The maximum atomic E-state index is 14.1. The van der Waals surface area contributed by atoms with Crippen molar-refractivity contribution in [2.75, 3.05) is 11.4 Å². The minimum atomic E-state index is -0.301. The maximum absolute atomic E-state index is 14.1. The SMILES string of the molecule is CCN(c1ncnc2cc(-c3ccccc3F)c(Cl)cc12)C(C)C. The summed E-state index contributed by atoms with van der Waals surface area (Å²) >= 11 is 6.47. The summed E-state index contributed by atoms with van der Waals surface area (Å²) in [5.41, 5.74) is 1.86. The fourth-order valence-corrected chi connectivity index (χ4v) is 3.20. The Kier molecular flexibility index (Phi) is 4.67. The lowest BCUT2D eigenvalue weighted by molar-refractivity contribution is 0.631. The van der Waals surface area contributed by atoms with Crippen molar-refractivity contribution in [3.05, 3.63) is 53.6 Å². The molecular weight excluding hydrogens is 325 g/mol. The van der Waals surface area contributed by atoms with Gasteiger partial charge in [-0.2, -0.15) is 0 Å². The van der Waals surface area contributed by atoms with Gasteiger partial charge in [0.05, 0.1) is 5.52 Å². The zero-order chi connectivity index (χ0) is 17.3. The van der Waals surface area contributed by atoms with Gasteiger partial charge in [-0.1, -0.05) is 29.8 Å². The van der Waals surface area contributed by atoms with Gasteiger partial charge in [0.25, 0.3) is 0 Å². The molecule has 3 aromatic rings. The highest BCUT2D eigenvalue weighted by atomic mass is 35.5. The normalized spacial score (nSPS) is 11.2. The number of hydrogen-bond acceptors (Lipinski definition) is 3. The first kappa shape index (κ1) is 16.7. The van der Waals surface area contributed by atoms with Gasteiger partial charge in [-0.25, -0.2) is 14.4 Å². The summed E-state index contributed by atoms with van der Waals surface area (Å²) in [5.74, 6) is 0.546. The molecule has 0 bridgehead atoms. The third-order valence-corrected chi connectivity index (χ3v) is 4.42. The third-order valence-electron chi connectivity index (χ3n) is 4.10. The van der Waals surface area contributed by atoms with E-state index in [0.717, 1.165) is 23.3 Å². The van der Waals surface area contributed by atoms with Gasteiger partial charge >= 0.3 is 0 Å². The molecule has 3 nitrogen and oxygen atoms in total. The number of aromatic nitrogens is 2. The van der Waals surface area contributed by atoms with Crippen molar-refractivity contribution < 1.29 is 4.39 Å². The molecule has 0 fully saturated rings. The van der Waals surface area contributed by atoms with E-state index in [9.17, 15) is 4.39 Å². The topological polar surface area (TPSA) is 29.0 Å². The van der Waals surface area contributed by atoms with Crippen LogP contribution in [0.3, 0.4) is 0 Å². The number of rotatable bonds is 4. The summed E-state index contributed by atoms with van der Waals surface area (Å²) in [6.07, 6.45) is 1.54. The van der Waals surface area contributed by atoms with Gasteiger partial charge in [0.1, 0.15) is 18.0 Å². The van der Waals surface area contributed by atoms with E-state index in [0.29, 0.717) is 22.2 Å². The molecule has 5 heteroatoms. The van der Waals surface area contributed by atoms with Crippen LogP contribution in [-0.4, -0.2) is 22.6 Å². The maximum Gasteiger partial charge on any atom is 0.140 e. The summed E-state index contributed by atoms with van der Waals surface area (Å²) in [5, 5.41) is 1.36. The van der Waals surface area contributed by atoms with Crippen molar-refractivity contribution in [2.45, 2.75) is 26.8 Å². The van der Waals surface area contributed by atoms with Crippen LogP contribution in [0.5, 0.6) is 0 Å². The average molecular weight is 344 g/mol. The second-order valence-electron chi connectivity index (χ2n) is 5.91. The van der Waals surface area contributed by atoms with Gasteiger partial charge in [-0.15, -0.1) is 0 Å². The highest BCUT2D eigenvalue weighted by Gasteiger charge is 2.17. The fourth-order valence-electron chi connectivity index (χ4n) is 2.94. The van der Waals surface area contributed by atoms with E-state index < -0.39 is 0 Å². The van der Waals surface area contributed by atoms with Crippen molar-refractivity contribution in [3.8, 4) is 11.1 Å². The van der Waals surface area contributed by atoms with Crippen molar-refractivity contribution in [1.29, 1.82) is 0 Å². The van der Waals surface area contributed by atoms with Gasteiger partial charge in [0.15, 0.2) is 0 Å². The molecule has 0 aliphatic rings. The van der Waals surface area contributed by atoms with Crippen LogP contribution in [0.2, 0.25) is 5.02 Å². The van der Waals surface area contributed by atoms with Crippen molar-refractivity contribution in [3.63, 3.8) is 0 Å². The molecule has 1 aromatic heterocycles. The number of nitrogens with zero attached hydrogens (tertiary/aromatic N) is 3. The van der Waals surface area contributed by atoms with Crippen LogP contribution in [0, 0.1) is 5.82 Å². The lowest BCUT2D eigenvalue weighted by Gasteiger charge is -2.27. The highest BCUT2D eigenvalue weighted by molar-refractivity contribution is 6.34. The van der Waals surface area contributed by atoms with E-state index in [4.69, 9.17) is 11.6 Å². The molecule has 124 valence electrons. The lowest BCUT2D eigenvalue weighted by Crippen LogP contribution is -2.31. The molecule has 0 spiro atoms. The Hall–Kier alpha value is -2.20. The lowest BCUT2D eigenvalue weighted by atomic mass is 10.0. The molecule has 0 saturated carbocycles. The first-order chi connectivity index (χ1) is 11.5. The molecule has 0 amide bonds. The van der Waals surface area contributed by atoms with Gasteiger partial charge in [0, 0.05) is 34.1 Å². The first-order valence-corrected chi connectivity index (χ1v) is 8.36. The second kappa shape index (κ2) is 6.73. The van der Waals surface area contributed by atoms with Crippen LogP contribution in [0.4, 0.5) is 10.2 Å². The van der Waals surface area contributed by atoms with Crippen LogP contribution < -0.4 is 4.90 Å². The Bertz CT molecular complexity index is 880. The summed E-state index contributed by atoms with van der Waals surface area (Å²) in [6.45, 7) is 7.15. The average Bonchev–Trinajstić information content (AvgIpc) is 2.56. The predicted octanol–water partition coefficient (Wildman–Crippen LogP) is 5.32. The number of hydrogen-bond donors (Lipinski definition) is 0. The number of halogens is 2. The Morgan fingerprint density at radius 3 is 2.54 bits per heavy atom. The van der Waals surface area contributed by atoms with Gasteiger partial charge < -0.3 is 4.90 Å². The predicted molar refractivity (Wildman–Crippen MR) is 98.1 cm³/mol. The molecule has 0 aliphatic carbocycles. The molecule has 0 N–H and O–H groups in total. The van der Waals surface area contributed by atoms with E-state index in [1.807, 2.05) is 12.1 Å². The molecule has 1 heterocycles. The summed E-state index contributed by atoms with van der Waals surface area (Å²) in [7, 11) is 0. The third kappa shape index (κ3) is 2.94. The van der Waals surface area contributed by atoms with E-state index in [-0.39, 0.29) is 5.82 Å². The smallest absolute Gasteiger partial charge is 0.140 e. The first-order valence-electron chi connectivity index (χ1n) is 7.98. The van der Waals surface area contributed by atoms with E-state index in [1.54, 1.807) is 24.5 Å².